The van der Waals surface area contributed by atoms with Gasteiger partial charge in [0.2, 0.25) is 0 Å². The van der Waals surface area contributed by atoms with Gasteiger partial charge in [-0.05, 0) is 50.6 Å². The average Bonchev–Trinajstić information content (AvgIpc) is 2.47. The van der Waals surface area contributed by atoms with Gasteiger partial charge in [-0.3, -0.25) is 4.79 Å². The number of anilines is 1. The molecule has 0 radical (unpaired) electrons. The van der Waals surface area contributed by atoms with Crippen LogP contribution < -0.4 is 10.1 Å². The lowest BCUT2D eigenvalue weighted by Gasteiger charge is -2.06. The van der Waals surface area contributed by atoms with Crippen molar-refractivity contribution in [1.82, 2.24) is 0 Å². The van der Waals surface area contributed by atoms with Crippen molar-refractivity contribution in [3.8, 4) is 5.75 Å². The highest BCUT2D eigenvalue weighted by molar-refractivity contribution is 6.03. The first-order valence-electron chi connectivity index (χ1n) is 6.83. The summed E-state index contributed by atoms with van der Waals surface area (Å²) < 4.78 is 5.50. The molecule has 0 aliphatic heterocycles. The Bertz CT molecular complexity index is 657. The molecule has 0 saturated carbocycles. The predicted molar refractivity (Wildman–Crippen MR) is 85.4 cm³/mol. The van der Waals surface area contributed by atoms with Crippen molar-refractivity contribution in [2.24, 2.45) is 0 Å². The van der Waals surface area contributed by atoms with E-state index in [4.69, 9.17) is 4.74 Å². The van der Waals surface area contributed by atoms with Gasteiger partial charge < -0.3 is 10.1 Å². The van der Waals surface area contributed by atoms with Gasteiger partial charge in [-0.15, -0.1) is 0 Å². The molecule has 0 heterocycles. The van der Waals surface area contributed by atoms with E-state index >= 15 is 0 Å². The number of aryl methyl sites for hydroxylation is 2. The molecule has 0 bridgehead atoms. The number of carbonyl (C=O) groups excluding carboxylic acids is 1. The Labute approximate surface area is 125 Å². The van der Waals surface area contributed by atoms with E-state index in [1.54, 1.807) is 6.92 Å². The van der Waals surface area contributed by atoms with Crippen LogP contribution in [0, 0.1) is 13.8 Å². The summed E-state index contributed by atoms with van der Waals surface area (Å²) in [7, 11) is 0. The van der Waals surface area contributed by atoms with E-state index in [-0.39, 0.29) is 5.91 Å². The lowest BCUT2D eigenvalue weighted by molar-refractivity contribution is -0.112. The van der Waals surface area contributed by atoms with Crippen LogP contribution in [0.15, 0.2) is 60.4 Å². The zero-order valence-corrected chi connectivity index (χ0v) is 12.5. The molecule has 2 aromatic rings. The second-order valence-electron chi connectivity index (χ2n) is 5.06. The number of carbonyl (C=O) groups is 1. The minimum absolute atomic E-state index is 0.175. The van der Waals surface area contributed by atoms with Gasteiger partial charge in [-0.2, -0.15) is 0 Å². The van der Waals surface area contributed by atoms with Gasteiger partial charge in [0, 0.05) is 11.3 Å². The molecule has 108 valence electrons. The van der Waals surface area contributed by atoms with E-state index in [1.807, 2.05) is 62.4 Å². The van der Waals surface area contributed by atoms with E-state index in [0.717, 1.165) is 22.6 Å². The normalized spacial score (nSPS) is 11.1. The number of rotatable bonds is 4. The molecule has 0 aliphatic carbocycles. The fourth-order valence-corrected chi connectivity index (χ4v) is 1.77. The number of benzene rings is 2. The summed E-state index contributed by atoms with van der Waals surface area (Å²) in [4.78, 5) is 12.0. The third kappa shape index (κ3) is 4.49. The van der Waals surface area contributed by atoms with Gasteiger partial charge >= 0.3 is 0 Å². The molecule has 1 amide bonds. The number of ether oxygens (including phenoxy) is 1. The average molecular weight is 281 g/mol. The summed E-state index contributed by atoms with van der Waals surface area (Å²) in [6, 6.07) is 15.4. The molecule has 0 unspecified atom stereocenters. The second-order valence-corrected chi connectivity index (χ2v) is 5.06. The van der Waals surface area contributed by atoms with Gasteiger partial charge in [0.15, 0.2) is 0 Å². The van der Waals surface area contributed by atoms with Gasteiger partial charge in [0.05, 0.1) is 6.26 Å². The third-order valence-corrected chi connectivity index (χ3v) is 3.03. The minimum atomic E-state index is -0.175. The van der Waals surface area contributed by atoms with Gasteiger partial charge in [-0.25, -0.2) is 0 Å². The topological polar surface area (TPSA) is 38.3 Å². The van der Waals surface area contributed by atoms with Crippen LogP contribution in [0.4, 0.5) is 5.69 Å². The molecule has 21 heavy (non-hydrogen) atoms. The van der Waals surface area contributed by atoms with E-state index in [1.165, 1.54) is 6.26 Å². The molecule has 0 aliphatic rings. The second kappa shape index (κ2) is 6.75. The van der Waals surface area contributed by atoms with Crippen LogP contribution in [0.25, 0.3) is 0 Å². The van der Waals surface area contributed by atoms with Crippen molar-refractivity contribution >= 4 is 11.6 Å². The first kappa shape index (κ1) is 14.9. The SMILES string of the molecule is C/C(=C\Oc1cccc(C)c1)C(=O)Nc1ccc(C)cc1. The van der Waals surface area contributed by atoms with Crippen LogP contribution in [0.2, 0.25) is 0 Å². The minimum Gasteiger partial charge on any atom is -0.465 e. The third-order valence-electron chi connectivity index (χ3n) is 3.03. The standard InChI is InChI=1S/C18H19NO2/c1-13-7-9-16(10-8-13)19-18(20)15(3)12-21-17-6-4-5-14(2)11-17/h4-12H,1-3H3,(H,19,20)/b15-12+. The van der Waals surface area contributed by atoms with Crippen molar-refractivity contribution < 1.29 is 9.53 Å². The van der Waals surface area contributed by atoms with E-state index in [9.17, 15) is 4.79 Å². The van der Waals surface area contributed by atoms with E-state index < -0.39 is 0 Å². The lowest BCUT2D eigenvalue weighted by atomic mass is 10.2. The van der Waals surface area contributed by atoms with Crippen molar-refractivity contribution in [2.75, 3.05) is 5.32 Å². The highest BCUT2D eigenvalue weighted by Crippen LogP contribution is 2.14. The number of nitrogens with one attached hydrogen (secondary N) is 1. The van der Waals surface area contributed by atoms with Crippen molar-refractivity contribution in [2.45, 2.75) is 20.8 Å². The molecular weight excluding hydrogens is 262 g/mol. The zero-order valence-electron chi connectivity index (χ0n) is 12.5. The maximum atomic E-state index is 12.0. The Balaban J connectivity index is 1.98. The molecule has 0 aromatic heterocycles. The Morgan fingerprint density at radius 3 is 2.43 bits per heavy atom. The number of hydrogen-bond donors (Lipinski definition) is 1. The van der Waals surface area contributed by atoms with Crippen LogP contribution in [-0.4, -0.2) is 5.91 Å². The summed E-state index contributed by atoms with van der Waals surface area (Å²) in [5, 5.41) is 2.83. The molecule has 0 spiro atoms. The summed E-state index contributed by atoms with van der Waals surface area (Å²) in [5.41, 5.74) is 3.55. The summed E-state index contributed by atoms with van der Waals surface area (Å²) in [6.07, 6.45) is 1.47. The maximum Gasteiger partial charge on any atom is 0.254 e. The lowest BCUT2D eigenvalue weighted by Crippen LogP contribution is -2.13. The number of hydrogen-bond acceptors (Lipinski definition) is 2. The molecule has 1 N–H and O–H groups in total. The quantitative estimate of drug-likeness (QED) is 0.673. The summed E-state index contributed by atoms with van der Waals surface area (Å²) >= 11 is 0. The Morgan fingerprint density at radius 2 is 1.76 bits per heavy atom. The van der Waals surface area contributed by atoms with Crippen LogP contribution in [0.3, 0.4) is 0 Å². The van der Waals surface area contributed by atoms with Crippen LogP contribution in [0.5, 0.6) is 5.75 Å². The smallest absolute Gasteiger partial charge is 0.254 e. The van der Waals surface area contributed by atoms with Gasteiger partial charge in [0.1, 0.15) is 5.75 Å². The van der Waals surface area contributed by atoms with Gasteiger partial charge in [-0.1, -0.05) is 29.8 Å². The fourth-order valence-electron chi connectivity index (χ4n) is 1.77. The molecule has 0 fully saturated rings. The summed E-state index contributed by atoms with van der Waals surface area (Å²) in [5.74, 6) is 0.545. The molecule has 0 saturated heterocycles. The molecule has 3 nitrogen and oxygen atoms in total. The van der Waals surface area contributed by atoms with Crippen LogP contribution in [0.1, 0.15) is 18.1 Å². The predicted octanol–water partition coefficient (Wildman–Crippen LogP) is 4.22. The molecule has 2 rings (SSSR count). The van der Waals surface area contributed by atoms with Crippen molar-refractivity contribution in [3.05, 3.63) is 71.5 Å². The van der Waals surface area contributed by atoms with Gasteiger partial charge in [0.25, 0.3) is 5.91 Å². The molecule has 3 heteroatoms. The van der Waals surface area contributed by atoms with E-state index in [0.29, 0.717) is 5.57 Å². The summed E-state index contributed by atoms with van der Waals surface area (Å²) in [6.45, 7) is 5.72. The maximum absolute atomic E-state index is 12.0. The Kier molecular flexibility index (Phi) is 4.77. The highest BCUT2D eigenvalue weighted by atomic mass is 16.5. The first-order valence-corrected chi connectivity index (χ1v) is 6.83. The largest absolute Gasteiger partial charge is 0.465 e. The van der Waals surface area contributed by atoms with Crippen molar-refractivity contribution in [3.63, 3.8) is 0 Å². The Morgan fingerprint density at radius 1 is 1.05 bits per heavy atom. The first-order chi connectivity index (χ1) is 10.0. The number of amides is 1. The zero-order chi connectivity index (χ0) is 15.2. The molecule has 2 aromatic carbocycles. The monoisotopic (exact) mass is 281 g/mol. The molecular formula is C18H19NO2. The van der Waals surface area contributed by atoms with Crippen LogP contribution >= 0.6 is 0 Å². The Hall–Kier alpha value is -2.55. The van der Waals surface area contributed by atoms with E-state index in [2.05, 4.69) is 5.32 Å². The molecule has 0 atom stereocenters. The van der Waals surface area contributed by atoms with Crippen LogP contribution in [-0.2, 0) is 4.79 Å². The highest BCUT2D eigenvalue weighted by Gasteiger charge is 2.05. The van der Waals surface area contributed by atoms with Crippen molar-refractivity contribution in [1.29, 1.82) is 0 Å². The fraction of sp³-hybridized carbons (Fsp3) is 0.167.